The van der Waals surface area contributed by atoms with Gasteiger partial charge in [-0.3, -0.25) is 9.69 Å². The van der Waals surface area contributed by atoms with Crippen LogP contribution in [0.15, 0.2) is 94.8 Å². The molecule has 0 atom stereocenters. The topological polar surface area (TPSA) is 45.1 Å². The Morgan fingerprint density at radius 2 is 1.73 bits per heavy atom. The van der Waals surface area contributed by atoms with Crippen LogP contribution in [0.5, 0.6) is 5.75 Å². The Morgan fingerprint density at radius 1 is 0.951 bits per heavy atom. The van der Waals surface area contributed by atoms with Crippen LogP contribution in [0.25, 0.3) is 16.8 Å². The number of carbonyl (C=O) groups is 1. The van der Waals surface area contributed by atoms with E-state index in [0.717, 1.165) is 44.4 Å². The van der Waals surface area contributed by atoms with Crippen molar-refractivity contribution in [2.75, 3.05) is 24.5 Å². The Bertz CT molecular complexity index is 1620. The monoisotopic (exact) mass is 673 g/mol. The molecule has 0 N–H and O–H groups in total. The van der Waals surface area contributed by atoms with Gasteiger partial charge in [0.2, 0.25) is 0 Å². The average Bonchev–Trinajstić information content (AvgIpc) is 3.30. The number of amides is 1. The number of nitrogens with zero attached hydrogens (tertiary/aromatic N) is 3. The smallest absolute Gasteiger partial charge is 0.266 e. The number of thioether (sulfide) groups is 1. The van der Waals surface area contributed by atoms with E-state index in [-0.39, 0.29) is 5.91 Å². The summed E-state index contributed by atoms with van der Waals surface area (Å²) in [6, 6.07) is 29.1. The molecular formula is C34H32IN3O2S. The molecule has 0 saturated carbocycles. The second-order valence-electron chi connectivity index (χ2n) is 10.2. The molecule has 2 fully saturated rings. The first-order valence-electron chi connectivity index (χ1n) is 14.1. The van der Waals surface area contributed by atoms with Gasteiger partial charge in [-0.2, -0.15) is 0 Å². The molecule has 0 radical (unpaired) electrons. The van der Waals surface area contributed by atoms with Gasteiger partial charge < -0.3 is 9.64 Å². The first kappa shape index (κ1) is 27.8. The summed E-state index contributed by atoms with van der Waals surface area (Å²) in [5, 5.41) is 3.14. The number of amidine groups is 1. The third-order valence-corrected chi connectivity index (χ3v) is 9.37. The summed E-state index contributed by atoms with van der Waals surface area (Å²) in [5.41, 5.74) is 4.23. The molecule has 6 rings (SSSR count). The van der Waals surface area contributed by atoms with Crippen LogP contribution in [-0.2, 0) is 11.4 Å². The van der Waals surface area contributed by atoms with Gasteiger partial charge in [-0.05, 0) is 125 Å². The second-order valence-corrected chi connectivity index (χ2v) is 12.4. The summed E-state index contributed by atoms with van der Waals surface area (Å²) in [7, 11) is 0. The lowest BCUT2D eigenvalue weighted by atomic mass is 10.1. The molecule has 0 unspecified atom stereocenters. The molecule has 0 aliphatic carbocycles. The van der Waals surface area contributed by atoms with E-state index in [4.69, 9.17) is 9.73 Å². The van der Waals surface area contributed by atoms with E-state index < -0.39 is 0 Å². The van der Waals surface area contributed by atoms with Crippen molar-refractivity contribution in [3.05, 3.63) is 105 Å². The number of ether oxygens (including phenoxy) is 1. The standard InChI is InChI=1S/C34H32IN3O2S/c1-2-38-33(39)32(41-34(38)36-27-14-16-28(17-15-27)37-19-6-3-7-20-37)22-24-13-18-31(30(35)21-24)40-23-26-11-8-10-25-9-4-5-12-29(25)26/h4-5,8-18,21-22H,2-3,6-7,19-20,23H2,1H3/b32-22-,36-34?. The first-order chi connectivity index (χ1) is 20.1. The van der Waals surface area contributed by atoms with Crippen LogP contribution in [0, 0.1) is 3.57 Å². The molecule has 0 spiro atoms. The number of fused-ring (bicyclic) bond motifs is 1. The Kier molecular flexibility index (Phi) is 8.62. The number of likely N-dealkylation sites (N-methyl/N-ethyl adjacent to an activating group) is 1. The molecule has 5 nitrogen and oxygen atoms in total. The van der Waals surface area contributed by atoms with Crippen LogP contribution in [0.3, 0.4) is 0 Å². The maximum atomic E-state index is 13.2. The van der Waals surface area contributed by atoms with Gasteiger partial charge >= 0.3 is 0 Å². The molecule has 2 heterocycles. The van der Waals surface area contributed by atoms with E-state index in [0.29, 0.717) is 18.1 Å². The van der Waals surface area contributed by atoms with Gasteiger partial charge in [-0.1, -0.05) is 48.5 Å². The first-order valence-corrected chi connectivity index (χ1v) is 16.0. The quantitative estimate of drug-likeness (QED) is 0.146. The maximum absolute atomic E-state index is 13.2. The minimum absolute atomic E-state index is 0.00697. The number of anilines is 1. The highest BCUT2D eigenvalue weighted by Gasteiger charge is 2.32. The van der Waals surface area contributed by atoms with Gasteiger partial charge in [-0.15, -0.1) is 0 Å². The van der Waals surface area contributed by atoms with Crippen LogP contribution in [-0.4, -0.2) is 35.6 Å². The molecule has 2 aliphatic rings. The fraction of sp³-hybridized carbons (Fsp3) is 0.235. The number of carbonyl (C=O) groups excluding carboxylic acids is 1. The molecular weight excluding hydrogens is 641 g/mol. The van der Waals surface area contributed by atoms with E-state index in [1.54, 1.807) is 4.90 Å². The molecule has 0 aromatic heterocycles. The molecule has 4 aromatic rings. The summed E-state index contributed by atoms with van der Waals surface area (Å²) >= 11 is 3.74. The molecule has 4 aromatic carbocycles. The largest absolute Gasteiger partial charge is 0.488 e. The summed E-state index contributed by atoms with van der Waals surface area (Å²) in [6.07, 6.45) is 5.78. The van der Waals surface area contributed by atoms with E-state index in [9.17, 15) is 4.79 Å². The lowest BCUT2D eigenvalue weighted by Crippen LogP contribution is -2.29. The highest BCUT2D eigenvalue weighted by molar-refractivity contribution is 14.1. The van der Waals surface area contributed by atoms with Crippen molar-refractivity contribution in [3.8, 4) is 5.75 Å². The third-order valence-electron chi connectivity index (χ3n) is 7.52. The van der Waals surface area contributed by atoms with Gasteiger partial charge in [-0.25, -0.2) is 4.99 Å². The highest BCUT2D eigenvalue weighted by atomic mass is 127. The van der Waals surface area contributed by atoms with Crippen molar-refractivity contribution in [1.29, 1.82) is 0 Å². The van der Waals surface area contributed by atoms with Crippen molar-refractivity contribution < 1.29 is 9.53 Å². The molecule has 208 valence electrons. The van der Waals surface area contributed by atoms with Gasteiger partial charge in [0.25, 0.3) is 5.91 Å². The van der Waals surface area contributed by atoms with Gasteiger partial charge in [0.05, 0.1) is 14.2 Å². The van der Waals surface area contributed by atoms with E-state index in [1.807, 2.05) is 25.1 Å². The summed E-state index contributed by atoms with van der Waals surface area (Å²) in [4.78, 5) is 23.0. The second kappa shape index (κ2) is 12.7. The Hall–Kier alpha value is -3.30. The van der Waals surface area contributed by atoms with Crippen LogP contribution in [0.1, 0.15) is 37.3 Å². The molecule has 0 bridgehead atoms. The van der Waals surface area contributed by atoms with Crippen LogP contribution in [0.4, 0.5) is 11.4 Å². The minimum Gasteiger partial charge on any atom is -0.488 e. The van der Waals surface area contributed by atoms with Crippen LogP contribution < -0.4 is 9.64 Å². The predicted molar refractivity (Wildman–Crippen MR) is 180 cm³/mol. The molecule has 2 saturated heterocycles. The average molecular weight is 674 g/mol. The fourth-order valence-corrected chi connectivity index (χ4v) is 7.08. The zero-order valence-electron chi connectivity index (χ0n) is 23.1. The van der Waals surface area contributed by atoms with Crippen LogP contribution >= 0.6 is 34.4 Å². The van der Waals surface area contributed by atoms with Crippen molar-refractivity contribution in [2.45, 2.75) is 32.8 Å². The Balaban J connectivity index is 1.16. The fourth-order valence-electron chi connectivity index (χ4n) is 5.32. The molecule has 7 heteroatoms. The summed E-state index contributed by atoms with van der Waals surface area (Å²) in [5.74, 6) is 0.823. The van der Waals surface area contributed by atoms with Crippen molar-refractivity contribution in [2.24, 2.45) is 4.99 Å². The Labute approximate surface area is 259 Å². The number of benzene rings is 4. The maximum Gasteiger partial charge on any atom is 0.266 e. The minimum atomic E-state index is -0.00697. The number of hydrogen-bond acceptors (Lipinski definition) is 5. The third kappa shape index (κ3) is 6.31. The number of hydrogen-bond donors (Lipinski definition) is 0. The summed E-state index contributed by atoms with van der Waals surface area (Å²) < 4.78 is 7.21. The number of halogens is 1. The molecule has 2 aliphatic heterocycles. The van der Waals surface area contributed by atoms with Crippen molar-refractivity contribution in [1.82, 2.24) is 4.90 Å². The lowest BCUT2D eigenvalue weighted by Gasteiger charge is -2.28. The number of rotatable bonds is 7. The van der Waals surface area contributed by atoms with Gasteiger partial charge in [0, 0.05) is 25.3 Å². The van der Waals surface area contributed by atoms with Gasteiger partial charge in [0.15, 0.2) is 5.17 Å². The van der Waals surface area contributed by atoms with E-state index in [2.05, 4.69) is 100 Å². The highest BCUT2D eigenvalue weighted by Crippen LogP contribution is 2.35. The molecule has 41 heavy (non-hydrogen) atoms. The SMILES string of the molecule is CCN1C(=O)/C(=C/c2ccc(OCc3cccc4ccccc34)c(I)c2)SC1=Nc1ccc(N2CCCCC2)cc1. The van der Waals surface area contributed by atoms with E-state index >= 15 is 0 Å². The molecule has 1 amide bonds. The lowest BCUT2D eigenvalue weighted by molar-refractivity contribution is -0.122. The summed E-state index contributed by atoms with van der Waals surface area (Å²) in [6.45, 7) is 5.29. The van der Waals surface area contributed by atoms with Crippen molar-refractivity contribution in [3.63, 3.8) is 0 Å². The van der Waals surface area contributed by atoms with E-state index in [1.165, 1.54) is 47.5 Å². The predicted octanol–water partition coefficient (Wildman–Crippen LogP) is 8.64. The van der Waals surface area contributed by atoms with Crippen molar-refractivity contribution >= 4 is 73.7 Å². The van der Waals surface area contributed by atoms with Crippen LogP contribution in [0.2, 0.25) is 0 Å². The van der Waals surface area contributed by atoms with Gasteiger partial charge in [0.1, 0.15) is 12.4 Å². The zero-order chi connectivity index (χ0) is 28.2. The number of piperidine rings is 1. The normalized spacial score (nSPS) is 17.7. The Morgan fingerprint density at radius 3 is 2.51 bits per heavy atom. The zero-order valence-corrected chi connectivity index (χ0v) is 26.0. The number of aliphatic imine (C=N–C) groups is 1.